The molecule has 0 spiro atoms. The van der Waals surface area contributed by atoms with Crippen molar-refractivity contribution in [2.24, 2.45) is 0 Å². The summed E-state index contributed by atoms with van der Waals surface area (Å²) in [6.07, 6.45) is -4.41. The van der Waals surface area contributed by atoms with Crippen LogP contribution < -0.4 is 5.56 Å². The molecule has 9 heteroatoms. The highest BCUT2D eigenvalue weighted by atomic mass is 19.4. The molecule has 0 N–H and O–H groups in total. The van der Waals surface area contributed by atoms with Gasteiger partial charge in [0.25, 0.3) is 11.2 Å². The van der Waals surface area contributed by atoms with Gasteiger partial charge in [-0.2, -0.15) is 13.2 Å². The minimum atomic E-state index is -4.76. The molecule has 0 aliphatic carbocycles. The summed E-state index contributed by atoms with van der Waals surface area (Å²) < 4.78 is 48.5. The lowest BCUT2D eigenvalue weighted by atomic mass is 10.4. The van der Waals surface area contributed by atoms with Crippen molar-refractivity contribution in [2.75, 3.05) is 0 Å². The summed E-state index contributed by atoms with van der Waals surface area (Å²) in [5, 5.41) is 10.2. The Morgan fingerprint density at radius 2 is 2.00 bits per heavy atom. The second kappa shape index (κ2) is 3.91. The smallest absolute Gasteiger partial charge is 0.297 e. The predicted molar refractivity (Wildman–Crippen MR) is 43.4 cm³/mol. The third kappa shape index (κ3) is 2.78. The lowest BCUT2D eigenvalue weighted by molar-refractivity contribution is -0.385. The van der Waals surface area contributed by atoms with Crippen LogP contribution in [0.4, 0.5) is 23.2 Å². The molecule has 5 nitrogen and oxygen atoms in total. The molecule has 0 bridgehead atoms. The minimum Gasteiger partial charge on any atom is -0.297 e. The summed E-state index contributed by atoms with van der Waals surface area (Å²) >= 11 is 0. The van der Waals surface area contributed by atoms with E-state index in [1.54, 1.807) is 0 Å². The number of halogens is 4. The summed E-state index contributed by atoms with van der Waals surface area (Å²) in [7, 11) is 0. The van der Waals surface area contributed by atoms with Crippen LogP contribution in [0.2, 0.25) is 0 Å². The summed E-state index contributed by atoms with van der Waals surface area (Å²) in [6.45, 7) is -1.77. The van der Waals surface area contributed by atoms with Crippen molar-refractivity contribution in [1.29, 1.82) is 0 Å². The van der Waals surface area contributed by atoms with Crippen LogP contribution in [0, 0.1) is 15.9 Å². The van der Waals surface area contributed by atoms with E-state index < -0.39 is 34.7 Å². The molecule has 1 aromatic heterocycles. The number of hydrogen-bond donors (Lipinski definition) is 0. The molecular formula is C7H4F4N2O3. The molecule has 0 radical (unpaired) electrons. The van der Waals surface area contributed by atoms with Crippen molar-refractivity contribution in [1.82, 2.24) is 4.57 Å². The second-order valence-electron chi connectivity index (χ2n) is 2.85. The molecule has 0 saturated heterocycles. The van der Waals surface area contributed by atoms with E-state index in [0.717, 1.165) is 0 Å². The van der Waals surface area contributed by atoms with Crippen LogP contribution in [-0.4, -0.2) is 15.7 Å². The number of rotatable bonds is 2. The SMILES string of the molecule is O=c1c(F)cc([N+](=O)[O-])cn1CC(F)(F)F. The molecule has 0 saturated carbocycles. The van der Waals surface area contributed by atoms with Gasteiger partial charge in [0.05, 0.1) is 17.2 Å². The maximum atomic E-state index is 12.8. The molecule has 0 amide bonds. The first-order chi connectivity index (χ1) is 7.20. The molecular weight excluding hydrogens is 236 g/mol. The predicted octanol–water partition coefficient (Wildman–Crippen LogP) is 1.46. The molecule has 0 aliphatic heterocycles. The Kier molecular flexibility index (Phi) is 2.97. The fourth-order valence-electron chi connectivity index (χ4n) is 0.995. The number of nitrogens with zero attached hydrogens (tertiary/aromatic N) is 2. The number of nitro groups is 1. The molecule has 0 fully saturated rings. The molecule has 0 aromatic carbocycles. The van der Waals surface area contributed by atoms with Gasteiger partial charge in [0.1, 0.15) is 6.54 Å². The Bertz CT molecular complexity index is 480. The van der Waals surface area contributed by atoms with Crippen molar-refractivity contribution in [3.63, 3.8) is 0 Å². The molecule has 1 rings (SSSR count). The van der Waals surface area contributed by atoms with E-state index >= 15 is 0 Å². The van der Waals surface area contributed by atoms with Crippen molar-refractivity contribution < 1.29 is 22.5 Å². The summed E-state index contributed by atoms with van der Waals surface area (Å²) in [5.74, 6) is -1.60. The quantitative estimate of drug-likeness (QED) is 0.446. The molecule has 0 atom stereocenters. The van der Waals surface area contributed by atoms with E-state index in [1.165, 1.54) is 0 Å². The van der Waals surface area contributed by atoms with Crippen LogP contribution in [0.25, 0.3) is 0 Å². The normalized spacial score (nSPS) is 11.5. The first-order valence-electron chi connectivity index (χ1n) is 3.82. The zero-order chi connectivity index (χ0) is 12.5. The summed E-state index contributed by atoms with van der Waals surface area (Å²) in [4.78, 5) is 20.0. The van der Waals surface area contributed by atoms with Gasteiger partial charge in [0, 0.05) is 0 Å². The molecule has 1 aromatic rings. The number of aromatic nitrogens is 1. The van der Waals surface area contributed by atoms with Crippen molar-refractivity contribution >= 4 is 5.69 Å². The van der Waals surface area contributed by atoms with Crippen molar-refractivity contribution in [3.8, 4) is 0 Å². The maximum absolute atomic E-state index is 12.8. The number of hydrogen-bond acceptors (Lipinski definition) is 3. The van der Waals surface area contributed by atoms with E-state index in [4.69, 9.17) is 0 Å². The van der Waals surface area contributed by atoms with Crippen molar-refractivity contribution in [2.45, 2.75) is 12.7 Å². The molecule has 88 valence electrons. The Morgan fingerprint density at radius 3 is 2.44 bits per heavy atom. The molecule has 0 aliphatic rings. The van der Waals surface area contributed by atoms with Gasteiger partial charge in [0.15, 0.2) is 5.82 Å². The van der Waals surface area contributed by atoms with Gasteiger partial charge >= 0.3 is 6.18 Å². The Labute approximate surface area is 85.1 Å². The second-order valence-corrected chi connectivity index (χ2v) is 2.85. The standard InChI is InChI=1S/C7H4F4N2O3/c8-5-1-4(13(15)16)2-12(6(5)14)3-7(9,10)11/h1-2H,3H2. The maximum Gasteiger partial charge on any atom is 0.406 e. The topological polar surface area (TPSA) is 65.1 Å². The summed E-state index contributed by atoms with van der Waals surface area (Å²) in [6, 6.07) is 0.273. The van der Waals surface area contributed by atoms with E-state index in [-0.39, 0.29) is 10.6 Å². The van der Waals surface area contributed by atoms with E-state index in [0.29, 0.717) is 6.20 Å². The highest BCUT2D eigenvalue weighted by Gasteiger charge is 2.29. The fourth-order valence-corrected chi connectivity index (χ4v) is 0.995. The lowest BCUT2D eigenvalue weighted by Crippen LogP contribution is -2.29. The average molecular weight is 240 g/mol. The van der Waals surface area contributed by atoms with Gasteiger partial charge < -0.3 is 0 Å². The van der Waals surface area contributed by atoms with Gasteiger partial charge in [-0.3, -0.25) is 19.5 Å². The number of alkyl halides is 3. The zero-order valence-electron chi connectivity index (χ0n) is 7.49. The van der Waals surface area contributed by atoms with Gasteiger partial charge in [-0.05, 0) is 0 Å². The largest absolute Gasteiger partial charge is 0.406 e. The highest BCUT2D eigenvalue weighted by Crippen LogP contribution is 2.18. The number of pyridine rings is 1. The third-order valence-corrected chi connectivity index (χ3v) is 1.59. The van der Waals surface area contributed by atoms with Crippen LogP contribution in [0.15, 0.2) is 17.1 Å². The highest BCUT2D eigenvalue weighted by molar-refractivity contribution is 5.25. The van der Waals surface area contributed by atoms with E-state index in [1.807, 2.05) is 0 Å². The van der Waals surface area contributed by atoms with Crippen LogP contribution in [0.3, 0.4) is 0 Å². The van der Waals surface area contributed by atoms with E-state index in [2.05, 4.69) is 0 Å². The lowest BCUT2D eigenvalue weighted by Gasteiger charge is -2.08. The minimum absolute atomic E-state index is 0.0898. The van der Waals surface area contributed by atoms with Gasteiger partial charge in [-0.25, -0.2) is 4.39 Å². The van der Waals surface area contributed by atoms with Crippen LogP contribution >= 0.6 is 0 Å². The van der Waals surface area contributed by atoms with Crippen LogP contribution in [-0.2, 0) is 6.54 Å². The van der Waals surface area contributed by atoms with E-state index in [9.17, 15) is 32.5 Å². The fraction of sp³-hybridized carbons (Fsp3) is 0.286. The van der Waals surface area contributed by atoms with Crippen molar-refractivity contribution in [3.05, 3.63) is 38.5 Å². The first-order valence-corrected chi connectivity index (χ1v) is 3.82. The molecule has 16 heavy (non-hydrogen) atoms. The third-order valence-electron chi connectivity index (χ3n) is 1.59. The Hall–Kier alpha value is -1.93. The molecule has 0 unspecified atom stereocenters. The zero-order valence-corrected chi connectivity index (χ0v) is 7.49. The molecule has 1 heterocycles. The first kappa shape index (κ1) is 12.1. The Morgan fingerprint density at radius 1 is 1.44 bits per heavy atom. The van der Waals surface area contributed by atoms with Crippen LogP contribution in [0.5, 0.6) is 0 Å². The monoisotopic (exact) mass is 240 g/mol. The van der Waals surface area contributed by atoms with Gasteiger partial charge in [-0.15, -0.1) is 0 Å². The van der Waals surface area contributed by atoms with Gasteiger partial charge in [-0.1, -0.05) is 0 Å². The Balaban J connectivity index is 3.28. The van der Waals surface area contributed by atoms with Crippen LogP contribution in [0.1, 0.15) is 0 Å². The van der Waals surface area contributed by atoms with Gasteiger partial charge in [0.2, 0.25) is 0 Å². The average Bonchev–Trinajstić information content (AvgIpc) is 2.10. The summed E-state index contributed by atoms with van der Waals surface area (Å²) in [5.41, 5.74) is -2.47.